The number of nitrogens with two attached hydrogens (primary N) is 1. The summed E-state index contributed by atoms with van der Waals surface area (Å²) >= 11 is 0. The van der Waals surface area contributed by atoms with Crippen molar-refractivity contribution in [1.29, 1.82) is 0 Å². The van der Waals surface area contributed by atoms with Crippen LogP contribution in [0.25, 0.3) is 0 Å². The molecule has 0 atom stereocenters. The van der Waals surface area contributed by atoms with Crippen LogP contribution in [0.2, 0.25) is 0 Å². The summed E-state index contributed by atoms with van der Waals surface area (Å²) in [5.41, 5.74) is 7.20. The second-order valence-corrected chi connectivity index (χ2v) is 6.50. The van der Waals surface area contributed by atoms with E-state index in [1.807, 2.05) is 0 Å². The van der Waals surface area contributed by atoms with Gasteiger partial charge in [-0.1, -0.05) is 36.4 Å². The third-order valence-electron chi connectivity index (χ3n) is 3.07. The predicted molar refractivity (Wildman–Crippen MR) is 81.6 cm³/mol. The van der Waals surface area contributed by atoms with E-state index in [0.29, 0.717) is 23.2 Å². The van der Waals surface area contributed by atoms with Gasteiger partial charge in [0.2, 0.25) is 10.0 Å². The molecule has 112 valence electrons. The van der Waals surface area contributed by atoms with Gasteiger partial charge >= 0.3 is 0 Å². The van der Waals surface area contributed by atoms with Gasteiger partial charge in [0, 0.05) is 12.2 Å². The van der Waals surface area contributed by atoms with E-state index in [0.717, 1.165) is 0 Å². The Bertz CT molecular complexity index is 717. The first-order valence-corrected chi connectivity index (χ1v) is 8.17. The lowest BCUT2D eigenvalue weighted by molar-refractivity contribution is 0.576. The fourth-order valence-corrected chi connectivity index (χ4v) is 3.15. The number of rotatable bonds is 6. The van der Waals surface area contributed by atoms with Crippen molar-refractivity contribution < 1.29 is 12.8 Å². The summed E-state index contributed by atoms with van der Waals surface area (Å²) in [5.74, 6) is -0.513. The van der Waals surface area contributed by atoms with Crippen LogP contribution < -0.4 is 10.5 Å². The summed E-state index contributed by atoms with van der Waals surface area (Å²) in [6.07, 6.45) is 0.302. The third-order valence-corrected chi connectivity index (χ3v) is 4.41. The van der Waals surface area contributed by atoms with Crippen LogP contribution in [0.5, 0.6) is 0 Å². The largest absolute Gasteiger partial charge is 0.398 e. The Hall–Kier alpha value is -1.92. The summed E-state index contributed by atoms with van der Waals surface area (Å²) in [5, 5.41) is 0. The minimum Gasteiger partial charge on any atom is -0.398 e. The van der Waals surface area contributed by atoms with E-state index in [1.165, 1.54) is 6.07 Å². The molecule has 4 nitrogen and oxygen atoms in total. The van der Waals surface area contributed by atoms with Gasteiger partial charge in [0.1, 0.15) is 5.82 Å². The van der Waals surface area contributed by atoms with Crippen molar-refractivity contribution in [2.24, 2.45) is 0 Å². The Morgan fingerprint density at radius 2 is 1.62 bits per heavy atom. The summed E-state index contributed by atoms with van der Waals surface area (Å²) < 4.78 is 39.8. The molecule has 3 N–H and O–H groups in total. The molecule has 0 fully saturated rings. The van der Waals surface area contributed by atoms with E-state index in [4.69, 9.17) is 5.73 Å². The van der Waals surface area contributed by atoms with E-state index < -0.39 is 10.0 Å². The van der Waals surface area contributed by atoms with Gasteiger partial charge in [-0.15, -0.1) is 0 Å². The molecular formula is C15H17FN2O2S. The quantitative estimate of drug-likeness (QED) is 0.802. The Morgan fingerprint density at radius 3 is 2.29 bits per heavy atom. The number of sulfonamides is 1. The second kappa shape index (κ2) is 6.69. The third kappa shape index (κ3) is 4.54. The standard InChI is InChI=1S/C15H17FN2O2S/c16-14-7-3-1-5-12(14)9-10-18-21(19,20)11-13-6-2-4-8-15(13)17/h1-8,18H,9-11,17H2. The number of anilines is 1. The average molecular weight is 308 g/mol. The monoisotopic (exact) mass is 308 g/mol. The highest BCUT2D eigenvalue weighted by Crippen LogP contribution is 2.13. The molecule has 2 aromatic carbocycles. The molecule has 0 aliphatic carbocycles. The molecule has 0 spiro atoms. The zero-order chi connectivity index (χ0) is 15.3. The van der Waals surface area contributed by atoms with E-state index in [-0.39, 0.29) is 18.1 Å². The summed E-state index contributed by atoms with van der Waals surface area (Å²) in [6, 6.07) is 13.1. The van der Waals surface area contributed by atoms with E-state index in [1.54, 1.807) is 42.5 Å². The molecule has 0 amide bonds. The first-order chi connectivity index (χ1) is 9.98. The highest BCUT2D eigenvalue weighted by atomic mass is 32.2. The Labute approximate surface area is 123 Å². The minimum atomic E-state index is -3.49. The number of halogens is 1. The van der Waals surface area contributed by atoms with E-state index >= 15 is 0 Å². The van der Waals surface area contributed by atoms with Gasteiger partial charge in [-0.3, -0.25) is 0 Å². The van der Waals surface area contributed by atoms with Gasteiger partial charge in [0.25, 0.3) is 0 Å². The highest BCUT2D eigenvalue weighted by Gasteiger charge is 2.13. The lowest BCUT2D eigenvalue weighted by atomic mass is 10.1. The van der Waals surface area contributed by atoms with Crippen molar-refractivity contribution in [2.45, 2.75) is 12.2 Å². The lowest BCUT2D eigenvalue weighted by Crippen LogP contribution is -2.27. The molecule has 2 aromatic rings. The van der Waals surface area contributed by atoms with Gasteiger partial charge in [-0.05, 0) is 29.7 Å². The highest BCUT2D eigenvalue weighted by molar-refractivity contribution is 7.88. The molecule has 0 saturated heterocycles. The maximum atomic E-state index is 13.4. The minimum absolute atomic E-state index is 0.149. The molecule has 0 aromatic heterocycles. The number of hydrogen-bond acceptors (Lipinski definition) is 3. The average Bonchev–Trinajstić information content (AvgIpc) is 2.43. The van der Waals surface area contributed by atoms with Crippen molar-refractivity contribution in [3.8, 4) is 0 Å². The van der Waals surface area contributed by atoms with Crippen LogP contribution in [0.4, 0.5) is 10.1 Å². The zero-order valence-electron chi connectivity index (χ0n) is 11.4. The summed E-state index contributed by atoms with van der Waals surface area (Å²) in [4.78, 5) is 0. The first kappa shape index (κ1) is 15.5. The number of para-hydroxylation sites is 1. The SMILES string of the molecule is Nc1ccccc1CS(=O)(=O)NCCc1ccccc1F. The van der Waals surface area contributed by atoms with Gasteiger partial charge in [0.05, 0.1) is 5.75 Å². The lowest BCUT2D eigenvalue weighted by Gasteiger charge is -2.09. The van der Waals surface area contributed by atoms with Crippen molar-refractivity contribution in [1.82, 2.24) is 4.72 Å². The molecule has 0 saturated carbocycles. The molecular weight excluding hydrogens is 291 g/mol. The van der Waals surface area contributed by atoms with Crippen molar-refractivity contribution in [3.05, 3.63) is 65.5 Å². The van der Waals surface area contributed by atoms with Crippen LogP contribution >= 0.6 is 0 Å². The molecule has 0 unspecified atom stereocenters. The second-order valence-electron chi connectivity index (χ2n) is 4.69. The summed E-state index contributed by atoms with van der Waals surface area (Å²) in [6.45, 7) is 0.149. The number of nitrogens with one attached hydrogen (secondary N) is 1. The fourth-order valence-electron chi connectivity index (χ4n) is 1.96. The first-order valence-electron chi connectivity index (χ1n) is 6.52. The van der Waals surface area contributed by atoms with Crippen molar-refractivity contribution >= 4 is 15.7 Å². The molecule has 0 aliphatic heterocycles. The van der Waals surface area contributed by atoms with Gasteiger partial charge in [0.15, 0.2) is 0 Å². The molecule has 2 rings (SSSR count). The topological polar surface area (TPSA) is 72.2 Å². The van der Waals surface area contributed by atoms with Crippen LogP contribution in [-0.2, 0) is 22.2 Å². The predicted octanol–water partition coefficient (Wildman–Crippen LogP) is 2.07. The van der Waals surface area contributed by atoms with Crippen LogP contribution in [0.15, 0.2) is 48.5 Å². The van der Waals surface area contributed by atoms with Gasteiger partial charge in [-0.25, -0.2) is 17.5 Å². The molecule has 0 radical (unpaired) electrons. The maximum absolute atomic E-state index is 13.4. The number of nitrogen functional groups attached to an aromatic ring is 1. The smallest absolute Gasteiger partial charge is 0.215 e. The van der Waals surface area contributed by atoms with Gasteiger partial charge < -0.3 is 5.73 Å². The van der Waals surface area contributed by atoms with Gasteiger partial charge in [-0.2, -0.15) is 0 Å². The Morgan fingerprint density at radius 1 is 1.00 bits per heavy atom. The fraction of sp³-hybridized carbons (Fsp3) is 0.200. The normalized spacial score (nSPS) is 11.5. The molecule has 0 heterocycles. The molecule has 21 heavy (non-hydrogen) atoms. The Balaban J connectivity index is 1.93. The van der Waals surface area contributed by atoms with E-state index in [9.17, 15) is 12.8 Å². The molecule has 6 heteroatoms. The molecule has 0 aliphatic rings. The van der Waals surface area contributed by atoms with Crippen molar-refractivity contribution in [2.75, 3.05) is 12.3 Å². The van der Waals surface area contributed by atoms with Crippen molar-refractivity contribution in [3.63, 3.8) is 0 Å². The number of benzene rings is 2. The van der Waals surface area contributed by atoms with Crippen LogP contribution in [-0.4, -0.2) is 15.0 Å². The maximum Gasteiger partial charge on any atom is 0.215 e. The molecule has 0 bridgehead atoms. The summed E-state index contributed by atoms with van der Waals surface area (Å²) in [7, 11) is -3.49. The Kier molecular flexibility index (Phi) is 4.93. The number of hydrogen-bond donors (Lipinski definition) is 2. The van der Waals surface area contributed by atoms with Crippen LogP contribution in [0.1, 0.15) is 11.1 Å². The van der Waals surface area contributed by atoms with Crippen LogP contribution in [0, 0.1) is 5.82 Å². The van der Waals surface area contributed by atoms with Crippen LogP contribution in [0.3, 0.4) is 0 Å². The van der Waals surface area contributed by atoms with E-state index in [2.05, 4.69) is 4.72 Å². The zero-order valence-corrected chi connectivity index (χ0v) is 12.2.